The smallest absolute Gasteiger partial charge is 0.229 e. The number of hydrogen-bond acceptors (Lipinski definition) is 7. The summed E-state index contributed by atoms with van der Waals surface area (Å²) in [5.74, 6) is 2.29. The Balaban J connectivity index is 1.75. The van der Waals surface area contributed by atoms with E-state index in [2.05, 4.69) is 50.4 Å². The zero-order valence-corrected chi connectivity index (χ0v) is 17.6. The Kier molecular flexibility index (Phi) is 6.70. The summed E-state index contributed by atoms with van der Waals surface area (Å²) in [4.78, 5) is 13.9. The largest absolute Gasteiger partial charge is 0.496 e. The lowest BCUT2D eigenvalue weighted by molar-refractivity contribution is 0.225. The van der Waals surface area contributed by atoms with Crippen LogP contribution in [0.5, 0.6) is 5.75 Å². The number of methoxy groups -OCH3 is 1. The first kappa shape index (κ1) is 20.4. The van der Waals surface area contributed by atoms with Crippen molar-refractivity contribution >= 4 is 17.5 Å². The van der Waals surface area contributed by atoms with Crippen molar-refractivity contribution in [2.75, 3.05) is 51.5 Å². The van der Waals surface area contributed by atoms with Crippen molar-refractivity contribution in [1.29, 1.82) is 0 Å². The molecular weight excluding hydrogens is 352 g/mol. The fraction of sp³-hybridized carbons (Fsp3) is 0.524. The summed E-state index contributed by atoms with van der Waals surface area (Å²) in [7, 11) is 5.78. The monoisotopic (exact) mass is 384 g/mol. The lowest BCUT2D eigenvalue weighted by Gasteiger charge is -2.25. The minimum Gasteiger partial charge on any atom is -0.496 e. The Labute approximate surface area is 168 Å². The standard InChI is InChI=1S/C21H32N6O/c1-6-27-10-9-18(14-27)26(4)13-16-12-17(7-8-19(16)28-5)24-21-23-15(2)11-20(22-3)25-21/h7-8,11-12,18H,6,9-10,13-14H2,1-5H3,(H2,22,23,24,25)/t18-/m1/s1. The molecule has 1 aliphatic rings. The molecule has 1 aromatic heterocycles. The van der Waals surface area contributed by atoms with Gasteiger partial charge in [0.15, 0.2) is 0 Å². The number of hydrogen-bond donors (Lipinski definition) is 2. The Bertz CT molecular complexity index is 796. The van der Waals surface area contributed by atoms with E-state index in [1.165, 1.54) is 13.0 Å². The van der Waals surface area contributed by atoms with Gasteiger partial charge in [-0.15, -0.1) is 0 Å². The second-order valence-electron chi connectivity index (χ2n) is 7.37. The maximum Gasteiger partial charge on any atom is 0.229 e. The van der Waals surface area contributed by atoms with Crippen LogP contribution in [0.15, 0.2) is 24.3 Å². The molecule has 0 spiro atoms. The van der Waals surface area contributed by atoms with Gasteiger partial charge in [-0.1, -0.05) is 6.92 Å². The van der Waals surface area contributed by atoms with E-state index in [0.717, 1.165) is 48.1 Å². The number of aryl methyl sites for hydroxylation is 1. The van der Waals surface area contributed by atoms with E-state index < -0.39 is 0 Å². The Morgan fingerprint density at radius 3 is 2.79 bits per heavy atom. The van der Waals surface area contributed by atoms with Gasteiger partial charge in [-0.3, -0.25) is 4.90 Å². The van der Waals surface area contributed by atoms with Gasteiger partial charge < -0.3 is 20.3 Å². The summed E-state index contributed by atoms with van der Waals surface area (Å²) < 4.78 is 5.61. The quantitative estimate of drug-likeness (QED) is 0.725. The third-order valence-electron chi connectivity index (χ3n) is 5.38. The summed E-state index contributed by atoms with van der Waals surface area (Å²) in [6.07, 6.45) is 1.22. The normalized spacial score (nSPS) is 17.1. The number of likely N-dealkylation sites (tertiary alicyclic amines) is 1. The average molecular weight is 385 g/mol. The fourth-order valence-corrected chi connectivity index (χ4v) is 3.72. The van der Waals surface area contributed by atoms with Gasteiger partial charge in [0.05, 0.1) is 7.11 Å². The van der Waals surface area contributed by atoms with E-state index in [4.69, 9.17) is 4.74 Å². The van der Waals surface area contributed by atoms with Crippen LogP contribution in [-0.4, -0.2) is 66.6 Å². The molecule has 1 atom stereocenters. The van der Waals surface area contributed by atoms with Gasteiger partial charge in [0, 0.05) is 49.2 Å². The molecule has 1 aromatic carbocycles. The van der Waals surface area contributed by atoms with Crippen LogP contribution >= 0.6 is 0 Å². The number of ether oxygens (including phenoxy) is 1. The molecule has 2 aromatic rings. The highest BCUT2D eigenvalue weighted by Gasteiger charge is 2.25. The fourth-order valence-electron chi connectivity index (χ4n) is 3.72. The Morgan fingerprint density at radius 2 is 2.11 bits per heavy atom. The number of benzene rings is 1. The lowest BCUT2D eigenvalue weighted by Crippen LogP contribution is -2.34. The van der Waals surface area contributed by atoms with E-state index in [9.17, 15) is 0 Å². The first-order valence-electron chi connectivity index (χ1n) is 9.92. The molecule has 28 heavy (non-hydrogen) atoms. The first-order chi connectivity index (χ1) is 13.5. The molecule has 1 aliphatic heterocycles. The van der Waals surface area contributed by atoms with Crippen LogP contribution in [0.1, 0.15) is 24.6 Å². The second-order valence-corrected chi connectivity index (χ2v) is 7.37. The molecule has 3 rings (SSSR count). The summed E-state index contributed by atoms with van der Waals surface area (Å²) in [5, 5.41) is 6.39. The van der Waals surface area contributed by atoms with E-state index >= 15 is 0 Å². The zero-order valence-electron chi connectivity index (χ0n) is 17.6. The van der Waals surface area contributed by atoms with Crippen LogP contribution < -0.4 is 15.4 Å². The summed E-state index contributed by atoms with van der Waals surface area (Å²) >= 11 is 0. The predicted molar refractivity (Wildman–Crippen MR) is 115 cm³/mol. The van der Waals surface area contributed by atoms with E-state index in [-0.39, 0.29) is 0 Å². The number of nitrogens with zero attached hydrogens (tertiary/aromatic N) is 4. The summed E-state index contributed by atoms with van der Waals surface area (Å²) in [5.41, 5.74) is 3.03. The molecule has 2 N–H and O–H groups in total. The highest BCUT2D eigenvalue weighted by molar-refractivity contribution is 5.58. The molecule has 0 radical (unpaired) electrons. The van der Waals surface area contributed by atoms with Crippen molar-refractivity contribution in [1.82, 2.24) is 19.8 Å². The third-order valence-corrected chi connectivity index (χ3v) is 5.38. The molecule has 1 saturated heterocycles. The zero-order chi connectivity index (χ0) is 20.1. The predicted octanol–water partition coefficient (Wildman–Crippen LogP) is 3.10. The van der Waals surface area contributed by atoms with Gasteiger partial charge in [0.1, 0.15) is 11.6 Å². The maximum atomic E-state index is 5.61. The maximum absolute atomic E-state index is 5.61. The van der Waals surface area contributed by atoms with Crippen molar-refractivity contribution in [2.24, 2.45) is 0 Å². The van der Waals surface area contributed by atoms with Crippen LogP contribution in [-0.2, 0) is 6.54 Å². The minimum atomic E-state index is 0.583. The molecule has 1 fully saturated rings. The molecule has 0 aliphatic carbocycles. The second kappa shape index (κ2) is 9.21. The molecular formula is C21H32N6O. The summed E-state index contributed by atoms with van der Waals surface area (Å²) in [6.45, 7) is 8.48. The summed E-state index contributed by atoms with van der Waals surface area (Å²) in [6, 6.07) is 8.64. The third kappa shape index (κ3) is 4.91. The molecule has 152 valence electrons. The van der Waals surface area contributed by atoms with Crippen LogP contribution in [0.3, 0.4) is 0 Å². The first-order valence-corrected chi connectivity index (χ1v) is 9.92. The topological polar surface area (TPSA) is 65.5 Å². The SMILES string of the molecule is CCN1CC[C@@H](N(C)Cc2cc(Nc3nc(C)cc(NC)n3)ccc2OC)C1. The number of likely N-dealkylation sites (N-methyl/N-ethyl adjacent to an activating group) is 2. The van der Waals surface area contributed by atoms with Crippen molar-refractivity contribution in [3.05, 3.63) is 35.5 Å². The van der Waals surface area contributed by atoms with Crippen LogP contribution in [0, 0.1) is 6.92 Å². The van der Waals surface area contributed by atoms with Crippen molar-refractivity contribution in [3.8, 4) is 5.75 Å². The van der Waals surface area contributed by atoms with Gasteiger partial charge in [-0.25, -0.2) is 4.98 Å². The van der Waals surface area contributed by atoms with Gasteiger partial charge in [0.2, 0.25) is 5.95 Å². The highest BCUT2D eigenvalue weighted by atomic mass is 16.5. The van der Waals surface area contributed by atoms with Crippen molar-refractivity contribution in [2.45, 2.75) is 32.9 Å². The van der Waals surface area contributed by atoms with Crippen molar-refractivity contribution in [3.63, 3.8) is 0 Å². The molecule has 0 unspecified atom stereocenters. The van der Waals surface area contributed by atoms with E-state index in [1.807, 2.05) is 32.2 Å². The Hall–Kier alpha value is -2.38. The molecule has 7 heteroatoms. The van der Waals surface area contributed by atoms with Crippen LogP contribution in [0.4, 0.5) is 17.5 Å². The molecule has 0 amide bonds. The van der Waals surface area contributed by atoms with Gasteiger partial charge in [-0.05, 0) is 51.7 Å². The minimum absolute atomic E-state index is 0.583. The number of nitrogens with one attached hydrogen (secondary N) is 2. The van der Waals surface area contributed by atoms with E-state index in [0.29, 0.717) is 12.0 Å². The van der Waals surface area contributed by atoms with Gasteiger partial charge in [-0.2, -0.15) is 4.98 Å². The van der Waals surface area contributed by atoms with Crippen LogP contribution in [0.25, 0.3) is 0 Å². The highest BCUT2D eigenvalue weighted by Crippen LogP contribution is 2.27. The molecule has 7 nitrogen and oxygen atoms in total. The number of rotatable bonds is 8. The van der Waals surface area contributed by atoms with Crippen molar-refractivity contribution < 1.29 is 4.74 Å². The molecule has 0 saturated carbocycles. The Morgan fingerprint density at radius 1 is 1.29 bits per heavy atom. The average Bonchev–Trinajstić information content (AvgIpc) is 3.17. The van der Waals surface area contributed by atoms with Gasteiger partial charge >= 0.3 is 0 Å². The lowest BCUT2D eigenvalue weighted by atomic mass is 10.1. The van der Waals surface area contributed by atoms with Crippen LogP contribution in [0.2, 0.25) is 0 Å². The number of anilines is 3. The molecule has 0 bridgehead atoms. The van der Waals surface area contributed by atoms with E-state index in [1.54, 1.807) is 7.11 Å². The number of aromatic nitrogens is 2. The van der Waals surface area contributed by atoms with Gasteiger partial charge in [0.25, 0.3) is 0 Å². The molecule has 2 heterocycles.